The molecule has 0 radical (unpaired) electrons. The monoisotopic (exact) mass is 277 g/mol. The molecule has 0 saturated carbocycles. The van der Waals surface area contributed by atoms with Gasteiger partial charge in [0.15, 0.2) is 0 Å². The summed E-state index contributed by atoms with van der Waals surface area (Å²) < 4.78 is 0. The molecule has 0 spiro atoms. The molecular formula is C18H19N3. The highest BCUT2D eigenvalue weighted by Crippen LogP contribution is 2.19. The Kier molecular flexibility index (Phi) is 3.73. The smallest absolute Gasteiger partial charge is 0.0734 e. The second-order valence-electron chi connectivity index (χ2n) is 5.24. The van der Waals surface area contributed by atoms with Crippen LogP contribution in [0.4, 0.5) is 11.4 Å². The molecule has 3 aromatic rings. The fourth-order valence-electron chi connectivity index (χ4n) is 2.59. The Labute approximate surface area is 124 Å². The van der Waals surface area contributed by atoms with Crippen molar-refractivity contribution < 1.29 is 0 Å². The molecule has 3 rings (SSSR count). The maximum absolute atomic E-state index is 5.77. The second-order valence-corrected chi connectivity index (χ2v) is 5.24. The van der Waals surface area contributed by atoms with E-state index in [4.69, 9.17) is 5.73 Å². The third-order valence-corrected chi connectivity index (χ3v) is 3.68. The first-order chi connectivity index (χ1) is 10.2. The molecule has 0 saturated heterocycles. The van der Waals surface area contributed by atoms with E-state index in [1.807, 2.05) is 30.5 Å². The molecule has 0 bridgehead atoms. The Bertz CT molecular complexity index is 760. The van der Waals surface area contributed by atoms with Crippen molar-refractivity contribution in [3.8, 4) is 0 Å². The maximum Gasteiger partial charge on any atom is 0.0734 e. The van der Waals surface area contributed by atoms with E-state index in [2.05, 4.69) is 41.5 Å². The van der Waals surface area contributed by atoms with Gasteiger partial charge in [-0.3, -0.25) is 4.98 Å². The predicted molar refractivity (Wildman–Crippen MR) is 89.5 cm³/mol. The summed E-state index contributed by atoms with van der Waals surface area (Å²) in [5.74, 6) is 0. The lowest BCUT2D eigenvalue weighted by Gasteiger charge is -2.11. The molecule has 0 aliphatic rings. The van der Waals surface area contributed by atoms with Gasteiger partial charge in [0.2, 0.25) is 0 Å². The highest BCUT2D eigenvalue weighted by atomic mass is 14.9. The fraction of sp³-hybridized carbons (Fsp3) is 0.167. The van der Waals surface area contributed by atoms with Crippen molar-refractivity contribution in [3.63, 3.8) is 0 Å². The number of nitrogen functional groups attached to an aromatic ring is 1. The molecule has 3 N–H and O–H groups in total. The van der Waals surface area contributed by atoms with E-state index in [1.165, 1.54) is 16.5 Å². The van der Waals surface area contributed by atoms with Gasteiger partial charge in [-0.2, -0.15) is 0 Å². The normalized spacial score (nSPS) is 10.7. The Morgan fingerprint density at radius 3 is 2.81 bits per heavy atom. The molecular weight excluding hydrogens is 258 g/mol. The van der Waals surface area contributed by atoms with Crippen LogP contribution in [0.15, 0.2) is 54.7 Å². The average molecular weight is 277 g/mol. The van der Waals surface area contributed by atoms with Gasteiger partial charge in [-0.15, -0.1) is 0 Å². The van der Waals surface area contributed by atoms with Crippen molar-refractivity contribution in [1.29, 1.82) is 0 Å². The zero-order valence-corrected chi connectivity index (χ0v) is 12.1. The van der Waals surface area contributed by atoms with Crippen molar-refractivity contribution in [2.75, 3.05) is 17.6 Å². The number of aromatic nitrogens is 1. The first-order valence-corrected chi connectivity index (χ1v) is 7.16. The summed E-state index contributed by atoms with van der Waals surface area (Å²) in [6, 6.07) is 16.4. The van der Waals surface area contributed by atoms with Gasteiger partial charge in [-0.25, -0.2) is 0 Å². The predicted octanol–water partition coefficient (Wildman–Crippen LogP) is 3.78. The van der Waals surface area contributed by atoms with Crippen molar-refractivity contribution in [2.45, 2.75) is 13.3 Å². The molecule has 1 heterocycles. The summed E-state index contributed by atoms with van der Waals surface area (Å²) in [5.41, 5.74) is 11.2. The Morgan fingerprint density at radius 1 is 1.10 bits per heavy atom. The number of nitrogens with zero attached hydrogens (tertiary/aromatic N) is 1. The van der Waals surface area contributed by atoms with Crippen LogP contribution in [0.25, 0.3) is 10.9 Å². The van der Waals surface area contributed by atoms with Gasteiger partial charge in [0, 0.05) is 29.5 Å². The number of nitrogens with two attached hydrogens (primary N) is 1. The van der Waals surface area contributed by atoms with E-state index in [1.54, 1.807) is 0 Å². The standard InChI is InChI=1S/C18H19N3/c1-13-12-16(19)7-8-17(13)20-11-9-15-5-2-4-14-6-3-10-21-18(14)15/h2-8,10,12,20H,9,11,19H2,1H3. The number of aryl methyl sites for hydroxylation is 1. The van der Waals surface area contributed by atoms with E-state index in [9.17, 15) is 0 Å². The van der Waals surface area contributed by atoms with Gasteiger partial charge in [0.25, 0.3) is 0 Å². The van der Waals surface area contributed by atoms with Crippen LogP contribution < -0.4 is 11.1 Å². The molecule has 106 valence electrons. The van der Waals surface area contributed by atoms with Gasteiger partial charge in [-0.05, 0) is 48.7 Å². The maximum atomic E-state index is 5.77. The lowest BCUT2D eigenvalue weighted by molar-refractivity contribution is 1.02. The Balaban J connectivity index is 1.72. The summed E-state index contributed by atoms with van der Waals surface area (Å²) in [4.78, 5) is 4.49. The number of nitrogens with one attached hydrogen (secondary N) is 1. The number of rotatable bonds is 4. The van der Waals surface area contributed by atoms with E-state index in [0.717, 1.165) is 29.9 Å². The van der Waals surface area contributed by atoms with Crippen LogP contribution in [0.2, 0.25) is 0 Å². The molecule has 3 heteroatoms. The number of hydrogen-bond acceptors (Lipinski definition) is 3. The number of hydrogen-bond donors (Lipinski definition) is 2. The van der Waals surface area contributed by atoms with Crippen molar-refractivity contribution in [3.05, 3.63) is 65.9 Å². The van der Waals surface area contributed by atoms with Gasteiger partial charge in [0.05, 0.1) is 5.52 Å². The van der Waals surface area contributed by atoms with Crippen molar-refractivity contribution in [2.24, 2.45) is 0 Å². The molecule has 1 aromatic heterocycles. The van der Waals surface area contributed by atoms with Crippen LogP contribution in [0, 0.1) is 6.92 Å². The summed E-state index contributed by atoms with van der Waals surface area (Å²) in [7, 11) is 0. The van der Waals surface area contributed by atoms with Crippen LogP contribution in [-0.2, 0) is 6.42 Å². The number of para-hydroxylation sites is 1. The summed E-state index contributed by atoms with van der Waals surface area (Å²) in [5, 5.41) is 4.66. The van der Waals surface area contributed by atoms with E-state index in [-0.39, 0.29) is 0 Å². The molecule has 0 unspecified atom stereocenters. The summed E-state index contributed by atoms with van der Waals surface area (Å²) in [6.07, 6.45) is 2.79. The largest absolute Gasteiger partial charge is 0.399 e. The van der Waals surface area contributed by atoms with Crippen LogP contribution >= 0.6 is 0 Å². The van der Waals surface area contributed by atoms with Crippen LogP contribution in [-0.4, -0.2) is 11.5 Å². The number of anilines is 2. The summed E-state index contributed by atoms with van der Waals surface area (Å²) >= 11 is 0. The quantitative estimate of drug-likeness (QED) is 0.713. The molecule has 0 fully saturated rings. The number of benzene rings is 2. The highest BCUT2D eigenvalue weighted by Gasteiger charge is 2.02. The Hall–Kier alpha value is -2.55. The first-order valence-electron chi connectivity index (χ1n) is 7.16. The second kappa shape index (κ2) is 5.83. The molecule has 21 heavy (non-hydrogen) atoms. The topological polar surface area (TPSA) is 50.9 Å². The van der Waals surface area contributed by atoms with E-state index < -0.39 is 0 Å². The first kappa shape index (κ1) is 13.4. The highest BCUT2D eigenvalue weighted by molar-refractivity contribution is 5.81. The summed E-state index contributed by atoms with van der Waals surface area (Å²) in [6.45, 7) is 2.94. The zero-order valence-electron chi connectivity index (χ0n) is 12.1. The molecule has 0 atom stereocenters. The lowest BCUT2D eigenvalue weighted by Crippen LogP contribution is -2.07. The average Bonchev–Trinajstić information content (AvgIpc) is 2.50. The fourth-order valence-corrected chi connectivity index (χ4v) is 2.59. The van der Waals surface area contributed by atoms with Crippen LogP contribution in [0.1, 0.15) is 11.1 Å². The third-order valence-electron chi connectivity index (χ3n) is 3.68. The van der Waals surface area contributed by atoms with Crippen LogP contribution in [0.3, 0.4) is 0 Å². The van der Waals surface area contributed by atoms with Gasteiger partial charge in [-0.1, -0.05) is 24.3 Å². The molecule has 0 aliphatic heterocycles. The van der Waals surface area contributed by atoms with Gasteiger partial charge >= 0.3 is 0 Å². The van der Waals surface area contributed by atoms with Gasteiger partial charge in [0.1, 0.15) is 0 Å². The number of pyridine rings is 1. The van der Waals surface area contributed by atoms with Crippen molar-refractivity contribution in [1.82, 2.24) is 4.98 Å². The molecule has 3 nitrogen and oxygen atoms in total. The third kappa shape index (κ3) is 2.97. The van der Waals surface area contributed by atoms with Crippen LogP contribution in [0.5, 0.6) is 0 Å². The minimum Gasteiger partial charge on any atom is -0.399 e. The minimum absolute atomic E-state index is 0.802. The SMILES string of the molecule is Cc1cc(N)ccc1NCCc1cccc2cccnc12. The zero-order chi connectivity index (χ0) is 14.7. The molecule has 0 aliphatic carbocycles. The Morgan fingerprint density at radius 2 is 1.95 bits per heavy atom. The van der Waals surface area contributed by atoms with E-state index in [0.29, 0.717) is 0 Å². The van der Waals surface area contributed by atoms with Crippen molar-refractivity contribution >= 4 is 22.3 Å². The molecule has 0 amide bonds. The number of fused-ring (bicyclic) bond motifs is 1. The lowest BCUT2D eigenvalue weighted by atomic mass is 10.1. The molecule has 2 aromatic carbocycles. The minimum atomic E-state index is 0.802. The van der Waals surface area contributed by atoms with E-state index >= 15 is 0 Å². The van der Waals surface area contributed by atoms with Gasteiger partial charge < -0.3 is 11.1 Å².